The molecule has 1 fully saturated rings. The highest BCUT2D eigenvalue weighted by atomic mass is 16.5. The van der Waals surface area contributed by atoms with Crippen molar-refractivity contribution in [1.29, 1.82) is 0 Å². The van der Waals surface area contributed by atoms with Gasteiger partial charge in [0.15, 0.2) is 5.79 Å². The molecule has 0 radical (unpaired) electrons. The molecule has 1 aliphatic heterocycles. The molecule has 0 aromatic heterocycles. The second-order valence-electron chi connectivity index (χ2n) is 3.57. The smallest absolute Gasteiger partial charge is 0.156 e. The van der Waals surface area contributed by atoms with Crippen molar-refractivity contribution in [3.63, 3.8) is 0 Å². The van der Waals surface area contributed by atoms with E-state index < -0.39 is 11.9 Å². The number of ether oxygens (including phenoxy) is 1. The van der Waals surface area contributed by atoms with Gasteiger partial charge in [-0.05, 0) is 20.3 Å². The fraction of sp³-hybridized carbons (Fsp3) is 1.00. The van der Waals surface area contributed by atoms with Crippen LogP contribution in [-0.4, -0.2) is 46.5 Å². The zero-order chi connectivity index (χ0) is 11.2. The fourth-order valence-electron chi connectivity index (χ4n) is 0.885. The van der Waals surface area contributed by atoms with Gasteiger partial charge in [0.1, 0.15) is 12.6 Å². The summed E-state index contributed by atoms with van der Waals surface area (Å²) in [6.45, 7) is 3.21. The van der Waals surface area contributed by atoms with E-state index in [9.17, 15) is 4.91 Å². The standard InChI is InChI=1S/C5H9NO3.C3H8O2/c7-4-1-2-9-5(4)3-6-8;1-3(2,4)5/h4-5,7H,1-3H2;4-5H,1-2H3. The molecule has 1 aliphatic rings. The van der Waals surface area contributed by atoms with Gasteiger partial charge < -0.3 is 20.1 Å². The third kappa shape index (κ3) is 8.06. The molecule has 84 valence electrons. The van der Waals surface area contributed by atoms with Gasteiger partial charge in [-0.15, -0.1) is 0 Å². The van der Waals surface area contributed by atoms with Gasteiger partial charge in [0.2, 0.25) is 0 Å². The number of aliphatic hydroxyl groups is 3. The SMILES string of the molecule is CC(C)(O)O.O=NCC1OCCC1O. The molecule has 2 atom stereocenters. The number of rotatable bonds is 2. The molecule has 1 saturated heterocycles. The molecule has 2 unspecified atom stereocenters. The van der Waals surface area contributed by atoms with E-state index in [0.717, 1.165) is 0 Å². The first-order valence-corrected chi connectivity index (χ1v) is 4.38. The van der Waals surface area contributed by atoms with Gasteiger partial charge in [-0.3, -0.25) is 0 Å². The number of nitrogens with zero attached hydrogens (tertiary/aromatic N) is 1. The number of aliphatic hydroxyl groups excluding tert-OH is 1. The predicted molar refractivity (Wildman–Crippen MR) is 49.5 cm³/mol. The largest absolute Gasteiger partial charge is 0.390 e. The lowest BCUT2D eigenvalue weighted by molar-refractivity contribution is -0.127. The summed E-state index contributed by atoms with van der Waals surface area (Å²) in [5.41, 5.74) is 0. The van der Waals surface area contributed by atoms with Crippen LogP contribution in [-0.2, 0) is 4.74 Å². The van der Waals surface area contributed by atoms with E-state index in [-0.39, 0.29) is 12.6 Å². The van der Waals surface area contributed by atoms with Crippen LogP contribution >= 0.6 is 0 Å². The fourth-order valence-corrected chi connectivity index (χ4v) is 0.885. The van der Waals surface area contributed by atoms with E-state index in [0.29, 0.717) is 13.0 Å². The van der Waals surface area contributed by atoms with Crippen molar-refractivity contribution in [2.75, 3.05) is 13.2 Å². The molecule has 14 heavy (non-hydrogen) atoms. The van der Waals surface area contributed by atoms with Crippen LogP contribution in [0.15, 0.2) is 5.18 Å². The molecule has 0 bridgehead atoms. The highest BCUT2D eigenvalue weighted by Gasteiger charge is 2.25. The second kappa shape index (κ2) is 6.02. The Kier molecular flexibility index (Phi) is 5.78. The lowest BCUT2D eigenvalue weighted by atomic mass is 10.2. The second-order valence-corrected chi connectivity index (χ2v) is 3.57. The van der Waals surface area contributed by atoms with Crippen molar-refractivity contribution >= 4 is 0 Å². The average molecular weight is 207 g/mol. The Hall–Kier alpha value is -0.560. The molecule has 1 heterocycles. The van der Waals surface area contributed by atoms with E-state index in [4.69, 9.17) is 20.1 Å². The van der Waals surface area contributed by atoms with E-state index in [1.54, 1.807) is 0 Å². The van der Waals surface area contributed by atoms with Crippen LogP contribution in [0.3, 0.4) is 0 Å². The maximum absolute atomic E-state index is 9.67. The molecule has 6 heteroatoms. The Bertz CT molecular complexity index is 162. The van der Waals surface area contributed by atoms with Crippen LogP contribution < -0.4 is 0 Å². The zero-order valence-electron chi connectivity index (χ0n) is 8.38. The molecule has 0 spiro atoms. The average Bonchev–Trinajstić information content (AvgIpc) is 2.34. The van der Waals surface area contributed by atoms with Gasteiger partial charge in [-0.1, -0.05) is 5.18 Å². The number of hydrogen-bond donors (Lipinski definition) is 3. The monoisotopic (exact) mass is 207 g/mol. The molecular formula is C8H17NO5. The predicted octanol–water partition coefficient (Wildman–Crippen LogP) is -0.390. The normalized spacial score (nSPS) is 26.6. The molecular weight excluding hydrogens is 190 g/mol. The topological polar surface area (TPSA) is 99.4 Å². The zero-order valence-corrected chi connectivity index (χ0v) is 8.38. The Labute approximate surface area is 82.5 Å². The summed E-state index contributed by atoms with van der Waals surface area (Å²) in [6, 6.07) is 0. The lowest BCUT2D eigenvalue weighted by Gasteiger charge is -2.07. The summed E-state index contributed by atoms with van der Waals surface area (Å²) in [4.78, 5) is 9.67. The van der Waals surface area contributed by atoms with Crippen molar-refractivity contribution in [1.82, 2.24) is 0 Å². The summed E-state index contributed by atoms with van der Waals surface area (Å²) < 4.78 is 4.96. The number of hydrogen-bond acceptors (Lipinski definition) is 6. The van der Waals surface area contributed by atoms with Gasteiger partial charge in [0, 0.05) is 6.61 Å². The van der Waals surface area contributed by atoms with E-state index >= 15 is 0 Å². The first kappa shape index (κ1) is 13.4. The summed E-state index contributed by atoms with van der Waals surface area (Å²) in [5.74, 6) is -1.50. The van der Waals surface area contributed by atoms with Gasteiger partial charge in [-0.25, -0.2) is 0 Å². The molecule has 6 nitrogen and oxygen atoms in total. The molecule has 0 saturated carbocycles. The maximum Gasteiger partial charge on any atom is 0.156 e. The Morgan fingerprint density at radius 2 is 2.00 bits per heavy atom. The Morgan fingerprint density at radius 1 is 1.50 bits per heavy atom. The van der Waals surface area contributed by atoms with Crippen LogP contribution in [0, 0.1) is 4.91 Å². The van der Waals surface area contributed by atoms with Crippen molar-refractivity contribution in [2.24, 2.45) is 5.18 Å². The van der Waals surface area contributed by atoms with Crippen molar-refractivity contribution < 1.29 is 20.1 Å². The molecule has 0 aromatic rings. The van der Waals surface area contributed by atoms with Crippen molar-refractivity contribution in [3.05, 3.63) is 4.91 Å². The minimum Gasteiger partial charge on any atom is -0.390 e. The molecule has 0 aliphatic carbocycles. The molecule has 0 aromatic carbocycles. The highest BCUT2D eigenvalue weighted by Crippen LogP contribution is 2.12. The van der Waals surface area contributed by atoms with Gasteiger partial charge in [0.05, 0.1) is 6.10 Å². The maximum atomic E-state index is 9.67. The van der Waals surface area contributed by atoms with Gasteiger partial charge in [0.25, 0.3) is 0 Å². The molecule has 0 amide bonds. The van der Waals surface area contributed by atoms with Crippen molar-refractivity contribution in [2.45, 2.75) is 38.3 Å². The molecule has 1 rings (SSSR count). The lowest BCUT2D eigenvalue weighted by Crippen LogP contribution is -2.23. The summed E-state index contributed by atoms with van der Waals surface area (Å²) in [7, 11) is 0. The van der Waals surface area contributed by atoms with Crippen LogP contribution in [0.5, 0.6) is 0 Å². The Morgan fingerprint density at radius 3 is 2.29 bits per heavy atom. The number of nitroso groups, excluding NO2 is 1. The Balaban J connectivity index is 0.000000292. The van der Waals surface area contributed by atoms with E-state index in [1.165, 1.54) is 13.8 Å². The first-order valence-electron chi connectivity index (χ1n) is 4.38. The van der Waals surface area contributed by atoms with Crippen molar-refractivity contribution in [3.8, 4) is 0 Å². The third-order valence-corrected chi connectivity index (χ3v) is 1.43. The van der Waals surface area contributed by atoms with Crippen LogP contribution in [0.2, 0.25) is 0 Å². The van der Waals surface area contributed by atoms with Crippen LogP contribution in [0.25, 0.3) is 0 Å². The van der Waals surface area contributed by atoms with E-state index in [1.807, 2.05) is 0 Å². The minimum absolute atomic E-state index is 0.0706. The van der Waals surface area contributed by atoms with Crippen LogP contribution in [0.1, 0.15) is 20.3 Å². The van der Waals surface area contributed by atoms with E-state index in [2.05, 4.69) is 5.18 Å². The quantitative estimate of drug-likeness (QED) is 0.423. The van der Waals surface area contributed by atoms with Crippen LogP contribution in [0.4, 0.5) is 0 Å². The molecule has 3 N–H and O–H groups in total. The summed E-state index contributed by atoms with van der Waals surface area (Å²) in [5, 5.41) is 27.8. The van der Waals surface area contributed by atoms with Gasteiger partial charge in [-0.2, -0.15) is 4.91 Å². The summed E-state index contributed by atoms with van der Waals surface area (Å²) in [6.07, 6.45) is -0.203. The summed E-state index contributed by atoms with van der Waals surface area (Å²) >= 11 is 0. The third-order valence-electron chi connectivity index (χ3n) is 1.43. The minimum atomic E-state index is -1.50. The first-order chi connectivity index (χ1) is 6.34. The van der Waals surface area contributed by atoms with Gasteiger partial charge >= 0.3 is 0 Å². The highest BCUT2D eigenvalue weighted by molar-refractivity contribution is 4.76.